The molecule has 6 nitrogen and oxygen atoms in total. The number of carbonyl (C=O) groups is 2. The number of alkyl carbamates (subject to hydrolysis) is 2. The number of hydrogen-bond donors (Lipinski definition) is 2. The fraction of sp³-hybridized carbons (Fsp3) is 0.920. The SMILES string of the molecule is CCCCOC(=O)NC1CCC(C(C)(C)C2CCC(NC(=O)OCCCC)CC2)CC1. The van der Waals surface area contributed by atoms with Crippen molar-refractivity contribution in [2.45, 2.75) is 117 Å². The first-order chi connectivity index (χ1) is 14.9. The Morgan fingerprint density at radius 3 is 1.39 bits per heavy atom. The first kappa shape index (κ1) is 25.8. The number of nitrogens with one attached hydrogen (secondary N) is 2. The Morgan fingerprint density at radius 2 is 1.06 bits per heavy atom. The van der Waals surface area contributed by atoms with E-state index in [4.69, 9.17) is 9.47 Å². The maximum absolute atomic E-state index is 11.9. The van der Waals surface area contributed by atoms with Gasteiger partial charge in [-0.1, -0.05) is 40.5 Å². The second-order valence-corrected chi connectivity index (χ2v) is 10.2. The van der Waals surface area contributed by atoms with Crippen molar-refractivity contribution < 1.29 is 19.1 Å². The molecular formula is C25H46N2O4. The second kappa shape index (κ2) is 13.2. The number of amides is 2. The van der Waals surface area contributed by atoms with E-state index < -0.39 is 0 Å². The summed E-state index contributed by atoms with van der Waals surface area (Å²) < 4.78 is 10.5. The molecule has 31 heavy (non-hydrogen) atoms. The Hall–Kier alpha value is -1.46. The van der Waals surface area contributed by atoms with Crippen molar-refractivity contribution in [1.29, 1.82) is 0 Å². The van der Waals surface area contributed by atoms with Crippen molar-refractivity contribution in [3.63, 3.8) is 0 Å². The van der Waals surface area contributed by atoms with E-state index in [-0.39, 0.29) is 24.3 Å². The molecule has 0 atom stereocenters. The van der Waals surface area contributed by atoms with Crippen LogP contribution in [0.5, 0.6) is 0 Å². The van der Waals surface area contributed by atoms with Gasteiger partial charge in [-0.15, -0.1) is 0 Å². The molecule has 0 radical (unpaired) electrons. The molecule has 2 aliphatic carbocycles. The van der Waals surface area contributed by atoms with Gasteiger partial charge >= 0.3 is 12.2 Å². The van der Waals surface area contributed by atoms with Gasteiger partial charge in [-0.05, 0) is 81.5 Å². The van der Waals surface area contributed by atoms with Crippen LogP contribution in [0.15, 0.2) is 0 Å². The van der Waals surface area contributed by atoms with Crippen molar-refractivity contribution in [3.05, 3.63) is 0 Å². The molecule has 0 aromatic carbocycles. The molecule has 0 bridgehead atoms. The van der Waals surface area contributed by atoms with Crippen LogP contribution in [0.1, 0.15) is 105 Å². The topological polar surface area (TPSA) is 76.7 Å². The van der Waals surface area contributed by atoms with Gasteiger partial charge in [-0.3, -0.25) is 0 Å². The van der Waals surface area contributed by atoms with E-state index >= 15 is 0 Å². The highest BCUT2D eigenvalue weighted by Crippen LogP contribution is 2.48. The van der Waals surface area contributed by atoms with Crippen LogP contribution in [0.25, 0.3) is 0 Å². The summed E-state index contributed by atoms with van der Waals surface area (Å²) in [5.41, 5.74) is 0.291. The maximum Gasteiger partial charge on any atom is 0.407 e. The lowest BCUT2D eigenvalue weighted by atomic mass is 9.60. The maximum atomic E-state index is 11.9. The number of hydrogen-bond acceptors (Lipinski definition) is 4. The zero-order chi connectivity index (χ0) is 22.7. The minimum absolute atomic E-state index is 0.250. The molecular weight excluding hydrogens is 392 g/mol. The third kappa shape index (κ3) is 8.53. The first-order valence-electron chi connectivity index (χ1n) is 12.7. The summed E-state index contributed by atoms with van der Waals surface area (Å²) in [6.07, 6.45) is 12.2. The molecule has 2 N–H and O–H groups in total. The Kier molecular flexibility index (Phi) is 11.0. The quantitative estimate of drug-likeness (QED) is 0.399. The average Bonchev–Trinajstić information content (AvgIpc) is 2.75. The van der Waals surface area contributed by atoms with Gasteiger partial charge in [-0.2, -0.15) is 0 Å². The summed E-state index contributed by atoms with van der Waals surface area (Å²) in [5, 5.41) is 6.12. The monoisotopic (exact) mass is 438 g/mol. The third-order valence-electron chi connectivity index (χ3n) is 7.66. The second-order valence-electron chi connectivity index (χ2n) is 10.2. The summed E-state index contributed by atoms with van der Waals surface area (Å²) in [7, 11) is 0. The smallest absolute Gasteiger partial charge is 0.407 e. The zero-order valence-electron chi connectivity index (χ0n) is 20.3. The van der Waals surface area contributed by atoms with Gasteiger partial charge in [-0.25, -0.2) is 9.59 Å². The fourth-order valence-corrected chi connectivity index (χ4v) is 5.33. The summed E-state index contributed by atoms with van der Waals surface area (Å²) in [5.74, 6) is 1.38. The zero-order valence-corrected chi connectivity index (χ0v) is 20.3. The van der Waals surface area contributed by atoms with Gasteiger partial charge in [0.15, 0.2) is 0 Å². The van der Waals surface area contributed by atoms with E-state index in [9.17, 15) is 9.59 Å². The van der Waals surface area contributed by atoms with E-state index in [2.05, 4.69) is 38.3 Å². The minimum atomic E-state index is -0.254. The number of unbranched alkanes of at least 4 members (excludes halogenated alkanes) is 2. The molecule has 6 heteroatoms. The molecule has 0 aromatic heterocycles. The number of ether oxygens (including phenoxy) is 2. The predicted molar refractivity (Wildman–Crippen MR) is 124 cm³/mol. The van der Waals surface area contributed by atoms with Crippen LogP contribution >= 0.6 is 0 Å². The Labute approximate surface area is 189 Å². The Balaban J connectivity index is 1.70. The largest absolute Gasteiger partial charge is 0.450 e. The highest BCUT2D eigenvalue weighted by molar-refractivity contribution is 5.67. The molecule has 0 aromatic rings. The molecule has 2 fully saturated rings. The van der Waals surface area contributed by atoms with Crippen LogP contribution < -0.4 is 10.6 Å². The molecule has 0 saturated heterocycles. The van der Waals surface area contributed by atoms with E-state index in [0.717, 1.165) is 77.0 Å². The molecule has 0 heterocycles. The lowest BCUT2D eigenvalue weighted by Gasteiger charge is -2.46. The fourth-order valence-electron chi connectivity index (χ4n) is 5.33. The molecule has 0 unspecified atom stereocenters. The lowest BCUT2D eigenvalue weighted by Crippen LogP contribution is -2.44. The highest BCUT2D eigenvalue weighted by atomic mass is 16.6. The molecule has 2 rings (SSSR count). The van der Waals surface area contributed by atoms with Crippen LogP contribution in [0.4, 0.5) is 9.59 Å². The third-order valence-corrected chi connectivity index (χ3v) is 7.66. The molecule has 2 amide bonds. The van der Waals surface area contributed by atoms with Gasteiger partial charge in [0.25, 0.3) is 0 Å². The number of carbonyl (C=O) groups excluding carboxylic acids is 2. The van der Waals surface area contributed by atoms with E-state index in [1.807, 2.05) is 0 Å². The summed E-state index contributed by atoms with van der Waals surface area (Å²) in [4.78, 5) is 23.8. The summed E-state index contributed by atoms with van der Waals surface area (Å²) >= 11 is 0. The van der Waals surface area contributed by atoms with Crippen molar-refractivity contribution in [3.8, 4) is 0 Å². The van der Waals surface area contributed by atoms with Crippen LogP contribution in [-0.2, 0) is 9.47 Å². The Morgan fingerprint density at radius 1 is 0.710 bits per heavy atom. The Bertz CT molecular complexity index is 490. The van der Waals surface area contributed by atoms with Crippen molar-refractivity contribution in [1.82, 2.24) is 10.6 Å². The summed E-state index contributed by atoms with van der Waals surface area (Å²) in [6, 6.07) is 0.500. The van der Waals surface area contributed by atoms with Gasteiger partial charge in [0.1, 0.15) is 0 Å². The lowest BCUT2D eigenvalue weighted by molar-refractivity contribution is 0.0455. The van der Waals surface area contributed by atoms with Crippen LogP contribution in [0, 0.1) is 17.3 Å². The summed E-state index contributed by atoms with van der Waals surface area (Å²) in [6.45, 7) is 10.1. The average molecular weight is 439 g/mol. The van der Waals surface area contributed by atoms with E-state index in [0.29, 0.717) is 30.5 Å². The first-order valence-corrected chi connectivity index (χ1v) is 12.7. The van der Waals surface area contributed by atoms with Crippen LogP contribution in [-0.4, -0.2) is 37.5 Å². The number of rotatable bonds is 10. The van der Waals surface area contributed by atoms with Crippen molar-refractivity contribution >= 4 is 12.2 Å². The minimum Gasteiger partial charge on any atom is -0.450 e. The molecule has 180 valence electrons. The normalized spacial score (nSPS) is 26.7. The molecule has 0 spiro atoms. The molecule has 0 aliphatic heterocycles. The van der Waals surface area contributed by atoms with Crippen LogP contribution in [0.2, 0.25) is 0 Å². The molecule has 2 aliphatic rings. The van der Waals surface area contributed by atoms with Gasteiger partial charge < -0.3 is 20.1 Å². The van der Waals surface area contributed by atoms with Crippen molar-refractivity contribution in [2.24, 2.45) is 17.3 Å². The van der Waals surface area contributed by atoms with Crippen LogP contribution in [0.3, 0.4) is 0 Å². The van der Waals surface area contributed by atoms with Gasteiger partial charge in [0.2, 0.25) is 0 Å². The standard InChI is InChI=1S/C25H46N2O4/c1-5-7-17-30-23(28)26-21-13-9-19(10-14-21)25(3,4)20-11-15-22(16-12-20)27-24(29)31-18-8-6-2/h19-22H,5-18H2,1-4H3,(H,26,28)(H,27,29). The van der Waals surface area contributed by atoms with Gasteiger partial charge in [0, 0.05) is 12.1 Å². The predicted octanol–water partition coefficient (Wildman–Crippen LogP) is 6.18. The van der Waals surface area contributed by atoms with Gasteiger partial charge in [0.05, 0.1) is 13.2 Å². The highest BCUT2D eigenvalue weighted by Gasteiger charge is 2.40. The van der Waals surface area contributed by atoms with E-state index in [1.54, 1.807) is 0 Å². The molecule has 2 saturated carbocycles. The van der Waals surface area contributed by atoms with Crippen molar-refractivity contribution in [2.75, 3.05) is 13.2 Å². The van der Waals surface area contributed by atoms with E-state index in [1.165, 1.54) is 0 Å².